The molecule has 3 aliphatic rings. The smallest absolute Gasteiger partial charge is 0.311 e. The van der Waals surface area contributed by atoms with Crippen LogP contribution in [0.5, 0.6) is 11.5 Å². The molecular formula is C19H24N2O5. The Bertz CT molecular complexity index is 737. The van der Waals surface area contributed by atoms with Crippen LogP contribution < -0.4 is 9.47 Å². The Hall–Kier alpha value is -2.28. The second kappa shape index (κ2) is 6.46. The summed E-state index contributed by atoms with van der Waals surface area (Å²) in [5, 5.41) is 9.88. The van der Waals surface area contributed by atoms with Gasteiger partial charge < -0.3 is 24.4 Å². The highest BCUT2D eigenvalue weighted by atomic mass is 16.6. The number of benzene rings is 1. The predicted molar refractivity (Wildman–Crippen MR) is 93.7 cm³/mol. The third-order valence-corrected chi connectivity index (χ3v) is 6.03. The van der Waals surface area contributed by atoms with E-state index in [4.69, 9.17) is 9.47 Å². The summed E-state index contributed by atoms with van der Waals surface area (Å²) in [4.78, 5) is 29.0. The molecule has 0 unspecified atom stereocenters. The number of rotatable bonds is 2. The van der Waals surface area contributed by atoms with Gasteiger partial charge in [-0.1, -0.05) is 6.07 Å². The number of ether oxygens (including phenoxy) is 2. The number of para-hydroxylation sites is 1. The van der Waals surface area contributed by atoms with Gasteiger partial charge in [-0.15, -0.1) is 0 Å². The van der Waals surface area contributed by atoms with Crippen molar-refractivity contribution in [3.63, 3.8) is 0 Å². The average molecular weight is 360 g/mol. The van der Waals surface area contributed by atoms with Gasteiger partial charge in [-0.05, 0) is 45.0 Å². The largest absolute Gasteiger partial charge is 0.486 e. The van der Waals surface area contributed by atoms with Crippen molar-refractivity contribution in [3.05, 3.63) is 23.8 Å². The third kappa shape index (κ3) is 2.61. The maximum atomic E-state index is 13.2. The molecule has 2 fully saturated rings. The van der Waals surface area contributed by atoms with Gasteiger partial charge in [-0.2, -0.15) is 0 Å². The highest BCUT2D eigenvalue weighted by Crippen LogP contribution is 2.43. The molecule has 26 heavy (non-hydrogen) atoms. The van der Waals surface area contributed by atoms with E-state index >= 15 is 0 Å². The van der Waals surface area contributed by atoms with Gasteiger partial charge >= 0.3 is 5.97 Å². The van der Waals surface area contributed by atoms with Crippen molar-refractivity contribution in [1.82, 2.24) is 9.80 Å². The van der Waals surface area contributed by atoms with E-state index in [1.54, 1.807) is 23.1 Å². The van der Waals surface area contributed by atoms with Crippen LogP contribution in [0.15, 0.2) is 18.2 Å². The Labute approximate surface area is 152 Å². The first kappa shape index (κ1) is 17.1. The lowest BCUT2D eigenvalue weighted by atomic mass is 9.68. The van der Waals surface area contributed by atoms with E-state index in [9.17, 15) is 14.7 Å². The Morgan fingerprint density at radius 3 is 2.81 bits per heavy atom. The van der Waals surface area contributed by atoms with E-state index in [-0.39, 0.29) is 11.9 Å². The molecule has 2 saturated heterocycles. The first-order valence-electron chi connectivity index (χ1n) is 9.14. The summed E-state index contributed by atoms with van der Waals surface area (Å²) >= 11 is 0. The van der Waals surface area contributed by atoms with Crippen LogP contribution in [0.4, 0.5) is 0 Å². The number of carbonyl (C=O) groups is 2. The van der Waals surface area contributed by atoms with Crippen molar-refractivity contribution in [3.8, 4) is 11.5 Å². The summed E-state index contributed by atoms with van der Waals surface area (Å²) in [6.45, 7) is 2.62. The van der Waals surface area contributed by atoms with E-state index in [1.165, 1.54) is 0 Å². The van der Waals surface area contributed by atoms with Gasteiger partial charge in [0, 0.05) is 19.1 Å². The quantitative estimate of drug-likeness (QED) is 0.860. The minimum Gasteiger partial charge on any atom is -0.486 e. The van der Waals surface area contributed by atoms with Crippen molar-refractivity contribution in [1.29, 1.82) is 0 Å². The fourth-order valence-electron chi connectivity index (χ4n) is 4.58. The maximum absolute atomic E-state index is 13.2. The molecule has 0 bridgehead atoms. The molecule has 1 aromatic rings. The van der Waals surface area contributed by atoms with Crippen molar-refractivity contribution in [2.24, 2.45) is 5.41 Å². The minimum atomic E-state index is -0.750. The zero-order valence-electron chi connectivity index (χ0n) is 14.9. The van der Waals surface area contributed by atoms with Gasteiger partial charge in [0.05, 0.1) is 11.0 Å². The molecular weight excluding hydrogens is 336 g/mol. The van der Waals surface area contributed by atoms with E-state index in [0.29, 0.717) is 56.2 Å². The molecule has 2 atom stereocenters. The summed E-state index contributed by atoms with van der Waals surface area (Å²) in [6, 6.07) is 5.17. The van der Waals surface area contributed by atoms with E-state index in [1.807, 2.05) is 7.05 Å². The normalized spacial score (nSPS) is 28.3. The number of likely N-dealkylation sites (tertiary alicyclic amines) is 2. The monoisotopic (exact) mass is 360 g/mol. The fraction of sp³-hybridized carbons (Fsp3) is 0.579. The van der Waals surface area contributed by atoms with E-state index < -0.39 is 11.4 Å². The molecule has 4 rings (SSSR count). The molecule has 0 saturated carbocycles. The van der Waals surface area contributed by atoms with Crippen molar-refractivity contribution in [2.75, 3.05) is 39.9 Å². The molecule has 3 aliphatic heterocycles. The zero-order valence-corrected chi connectivity index (χ0v) is 14.9. The number of amides is 1. The van der Waals surface area contributed by atoms with Crippen LogP contribution in [0.2, 0.25) is 0 Å². The van der Waals surface area contributed by atoms with Crippen LogP contribution in [0, 0.1) is 5.41 Å². The lowest BCUT2D eigenvalue weighted by Gasteiger charge is -2.51. The average Bonchev–Trinajstić information content (AvgIpc) is 2.67. The summed E-state index contributed by atoms with van der Waals surface area (Å²) in [5.74, 6) is 0.227. The molecule has 0 aromatic heterocycles. The molecule has 1 N–H and O–H groups in total. The number of hydrogen-bond donors (Lipinski definition) is 1. The Morgan fingerprint density at radius 2 is 2.00 bits per heavy atom. The van der Waals surface area contributed by atoms with Gasteiger partial charge in [0.15, 0.2) is 11.5 Å². The Morgan fingerprint density at radius 1 is 1.19 bits per heavy atom. The number of likely N-dealkylation sites (N-methyl/N-ethyl adjacent to an activating group) is 1. The molecule has 7 nitrogen and oxygen atoms in total. The predicted octanol–water partition coefficient (Wildman–Crippen LogP) is 1.47. The Kier molecular flexibility index (Phi) is 4.26. The SMILES string of the molecule is CN1CCC[C@]2(C(=O)O)CCN(C(=O)c3cccc4c3OCCO4)C[C@@H]12. The summed E-state index contributed by atoms with van der Waals surface area (Å²) < 4.78 is 11.2. The summed E-state index contributed by atoms with van der Waals surface area (Å²) in [5.41, 5.74) is -0.261. The molecule has 1 aromatic carbocycles. The standard InChI is InChI=1S/C19H24N2O5/c1-20-8-3-6-19(18(23)24)7-9-21(12-15(19)20)17(22)13-4-2-5-14-16(13)26-11-10-25-14/h2,4-5,15H,3,6-12H2,1H3,(H,23,24)/t15-,19+/m1/s1. The second-order valence-corrected chi connectivity index (χ2v) is 7.39. The van der Waals surface area contributed by atoms with Crippen LogP contribution in [0.25, 0.3) is 0 Å². The van der Waals surface area contributed by atoms with E-state index in [0.717, 1.165) is 13.0 Å². The van der Waals surface area contributed by atoms with Crippen LogP contribution in [0.1, 0.15) is 29.6 Å². The van der Waals surface area contributed by atoms with Gasteiger partial charge in [-0.3, -0.25) is 9.59 Å². The molecule has 7 heteroatoms. The number of carbonyl (C=O) groups excluding carboxylic acids is 1. The van der Waals surface area contributed by atoms with Crippen molar-refractivity contribution < 1.29 is 24.2 Å². The minimum absolute atomic E-state index is 0.120. The number of aliphatic carboxylic acids is 1. The number of piperidine rings is 2. The molecule has 3 heterocycles. The highest BCUT2D eigenvalue weighted by Gasteiger charge is 2.53. The molecule has 0 spiro atoms. The van der Waals surface area contributed by atoms with Gasteiger partial charge in [0.25, 0.3) is 5.91 Å². The lowest BCUT2D eigenvalue weighted by molar-refractivity contribution is -0.161. The Balaban J connectivity index is 1.60. The second-order valence-electron chi connectivity index (χ2n) is 7.39. The van der Waals surface area contributed by atoms with Gasteiger partial charge in [0.2, 0.25) is 0 Å². The number of carboxylic acid groups (broad SMARTS) is 1. The first-order valence-corrected chi connectivity index (χ1v) is 9.14. The van der Waals surface area contributed by atoms with Gasteiger partial charge in [0.1, 0.15) is 13.2 Å². The fourth-order valence-corrected chi connectivity index (χ4v) is 4.58. The van der Waals surface area contributed by atoms with Crippen LogP contribution in [-0.4, -0.2) is 72.7 Å². The molecule has 1 amide bonds. The molecule has 140 valence electrons. The maximum Gasteiger partial charge on any atom is 0.311 e. The summed E-state index contributed by atoms with van der Waals surface area (Å²) in [7, 11) is 1.96. The zero-order chi connectivity index (χ0) is 18.3. The van der Waals surface area contributed by atoms with Crippen molar-refractivity contribution in [2.45, 2.75) is 25.3 Å². The number of carboxylic acids is 1. The molecule has 0 radical (unpaired) electrons. The third-order valence-electron chi connectivity index (χ3n) is 6.03. The number of nitrogens with zero attached hydrogens (tertiary/aromatic N) is 2. The van der Waals surface area contributed by atoms with Crippen LogP contribution in [-0.2, 0) is 4.79 Å². The first-order chi connectivity index (χ1) is 12.5. The number of fused-ring (bicyclic) bond motifs is 2. The lowest BCUT2D eigenvalue weighted by Crippen LogP contribution is -2.63. The highest BCUT2D eigenvalue weighted by molar-refractivity contribution is 5.98. The van der Waals surface area contributed by atoms with E-state index in [2.05, 4.69) is 4.90 Å². The van der Waals surface area contributed by atoms with Crippen LogP contribution in [0.3, 0.4) is 0 Å². The molecule has 0 aliphatic carbocycles. The summed E-state index contributed by atoms with van der Waals surface area (Å²) in [6.07, 6.45) is 2.04. The van der Waals surface area contributed by atoms with Crippen molar-refractivity contribution >= 4 is 11.9 Å². The topological polar surface area (TPSA) is 79.3 Å². The number of hydrogen-bond acceptors (Lipinski definition) is 5. The van der Waals surface area contributed by atoms with Gasteiger partial charge in [-0.25, -0.2) is 0 Å². The van der Waals surface area contributed by atoms with Crippen LogP contribution >= 0.6 is 0 Å².